The van der Waals surface area contributed by atoms with Crippen LogP contribution in [0, 0.1) is 11.8 Å². The summed E-state index contributed by atoms with van der Waals surface area (Å²) in [5.74, 6) is -1.11. The van der Waals surface area contributed by atoms with Crippen molar-refractivity contribution in [1.29, 1.82) is 0 Å². The van der Waals surface area contributed by atoms with E-state index < -0.39 is 51.1 Å². The van der Waals surface area contributed by atoms with Gasteiger partial charge < -0.3 is 20.2 Å². The van der Waals surface area contributed by atoms with E-state index in [0.29, 0.717) is 17.3 Å². The summed E-state index contributed by atoms with van der Waals surface area (Å²) in [5, 5.41) is 17.1. The number of nitrogens with two attached hydrogens (primary N) is 1. The van der Waals surface area contributed by atoms with Crippen LogP contribution in [0.25, 0.3) is 0 Å². The number of hydrogen-bond acceptors (Lipinski definition) is 6. The summed E-state index contributed by atoms with van der Waals surface area (Å²) in [6.07, 6.45) is -3.91. The van der Waals surface area contributed by atoms with Gasteiger partial charge in [0.1, 0.15) is 0 Å². The number of carbonyl (C=O) groups excluding carboxylic acids is 2. The maximum atomic E-state index is 13.6. The molecule has 4 N–H and O–H groups in total. The van der Waals surface area contributed by atoms with E-state index in [1.54, 1.807) is 20.8 Å². The van der Waals surface area contributed by atoms with Crippen molar-refractivity contribution in [2.75, 3.05) is 25.0 Å². The van der Waals surface area contributed by atoms with Crippen molar-refractivity contribution in [1.82, 2.24) is 14.8 Å². The number of amides is 3. The van der Waals surface area contributed by atoms with Gasteiger partial charge in [0.25, 0.3) is 5.91 Å². The van der Waals surface area contributed by atoms with Crippen molar-refractivity contribution < 1.29 is 41.1 Å². The standard InChI is InChI=1S/C26H27F3N5O6S/c1-25(2,3)23(36)32-20-8-16(26(27,28)29)10-31-19(20)9-21-18-13-33(24(37)38)11-15(18)12-34(21)22(35)14-4-6-17(7-5-14)41(30,39)40/h4-10,21H,11-13H2,1-3H3,(H,32,36)(H,37,38)(H2,30,39,40). The van der Waals surface area contributed by atoms with E-state index >= 15 is 0 Å². The van der Waals surface area contributed by atoms with E-state index in [2.05, 4.69) is 10.3 Å². The number of carbonyl (C=O) groups is 3. The lowest BCUT2D eigenvalue weighted by molar-refractivity contribution is -0.137. The van der Waals surface area contributed by atoms with Crippen LogP contribution in [0.15, 0.2) is 52.6 Å². The second-order valence-electron chi connectivity index (χ2n) is 10.7. The Hall–Kier alpha value is -3.98. The summed E-state index contributed by atoms with van der Waals surface area (Å²) in [7, 11) is -4.01. The highest BCUT2D eigenvalue weighted by Crippen LogP contribution is 2.37. The van der Waals surface area contributed by atoms with Gasteiger partial charge in [-0.3, -0.25) is 14.6 Å². The van der Waals surface area contributed by atoms with Crippen molar-refractivity contribution in [2.24, 2.45) is 10.6 Å². The van der Waals surface area contributed by atoms with Crippen LogP contribution in [-0.2, 0) is 21.0 Å². The molecule has 1 atom stereocenters. The number of pyridine rings is 1. The lowest BCUT2D eigenvalue weighted by Crippen LogP contribution is -2.42. The molecule has 4 rings (SSSR count). The Morgan fingerprint density at radius 1 is 1.10 bits per heavy atom. The summed E-state index contributed by atoms with van der Waals surface area (Å²) in [6.45, 7) is 4.74. The number of carboxylic acid groups (broad SMARTS) is 1. The number of anilines is 1. The molecule has 3 heterocycles. The summed E-state index contributed by atoms with van der Waals surface area (Å²) in [5.41, 5.74) is -1.03. The molecule has 0 spiro atoms. The van der Waals surface area contributed by atoms with Gasteiger partial charge in [0, 0.05) is 43.2 Å². The minimum atomic E-state index is -4.74. The first-order valence-electron chi connectivity index (χ1n) is 12.2. The topological polar surface area (TPSA) is 163 Å². The first-order chi connectivity index (χ1) is 18.9. The number of nitrogens with zero attached hydrogens (tertiary/aromatic N) is 3. The molecule has 1 unspecified atom stereocenters. The van der Waals surface area contributed by atoms with E-state index in [4.69, 9.17) is 5.14 Å². The third-order valence-electron chi connectivity index (χ3n) is 6.70. The van der Waals surface area contributed by atoms with Crippen molar-refractivity contribution in [3.8, 4) is 0 Å². The molecule has 0 bridgehead atoms. The second-order valence-corrected chi connectivity index (χ2v) is 12.3. The van der Waals surface area contributed by atoms with E-state index in [0.717, 1.165) is 11.0 Å². The lowest BCUT2D eigenvalue weighted by atomic mass is 9.95. The average molecular weight is 595 g/mol. The third-order valence-corrected chi connectivity index (χ3v) is 7.63. The number of hydrogen-bond donors (Lipinski definition) is 3. The molecular weight excluding hydrogens is 567 g/mol. The van der Waals surface area contributed by atoms with Gasteiger partial charge in [-0.2, -0.15) is 13.2 Å². The van der Waals surface area contributed by atoms with E-state index in [9.17, 15) is 41.1 Å². The molecule has 3 amide bonds. The monoisotopic (exact) mass is 594 g/mol. The highest BCUT2D eigenvalue weighted by atomic mass is 32.2. The molecule has 0 saturated heterocycles. The smallest absolute Gasteiger partial charge is 0.417 e. The Labute approximate surface area is 233 Å². The molecule has 2 aliphatic rings. The van der Waals surface area contributed by atoms with Crippen LogP contribution in [0.1, 0.15) is 42.4 Å². The quantitative estimate of drug-likeness (QED) is 0.448. The molecule has 219 valence electrons. The van der Waals surface area contributed by atoms with Gasteiger partial charge in [-0.1, -0.05) is 20.8 Å². The Morgan fingerprint density at radius 2 is 1.73 bits per heavy atom. The molecule has 1 aromatic carbocycles. The summed E-state index contributed by atoms with van der Waals surface area (Å²) < 4.78 is 63.7. The highest BCUT2D eigenvalue weighted by molar-refractivity contribution is 7.89. The maximum Gasteiger partial charge on any atom is 0.417 e. The SMILES string of the molecule is CC(C)(C)C(=O)Nc1cc(C(F)(F)F)cnc1[CH]C1C2=C(CN(C(=O)O)C2)CN1C(=O)c1ccc(S(N)(=O)=O)cc1. The predicted octanol–water partition coefficient (Wildman–Crippen LogP) is 3.10. The fraction of sp³-hybridized carbons (Fsp3) is 0.346. The first-order valence-corrected chi connectivity index (χ1v) is 13.8. The molecule has 1 aromatic heterocycles. The molecule has 15 heteroatoms. The maximum absolute atomic E-state index is 13.6. The number of rotatable bonds is 5. The number of halogens is 3. The molecule has 1 radical (unpaired) electrons. The predicted molar refractivity (Wildman–Crippen MR) is 140 cm³/mol. The zero-order valence-electron chi connectivity index (χ0n) is 22.2. The number of primary sulfonamides is 1. The molecular formula is C26H27F3N5O6S. The molecule has 41 heavy (non-hydrogen) atoms. The fourth-order valence-electron chi connectivity index (χ4n) is 4.45. The Kier molecular flexibility index (Phi) is 7.64. The molecule has 2 aromatic rings. The minimum Gasteiger partial charge on any atom is -0.465 e. The third kappa shape index (κ3) is 6.35. The summed E-state index contributed by atoms with van der Waals surface area (Å²) in [6, 6.07) is 4.72. The molecule has 2 aliphatic heterocycles. The van der Waals surface area contributed by atoms with E-state index in [1.807, 2.05) is 0 Å². The fourth-order valence-corrected chi connectivity index (χ4v) is 4.97. The zero-order chi connectivity index (χ0) is 30.5. The van der Waals surface area contributed by atoms with Crippen LogP contribution in [-0.4, -0.2) is 71.9 Å². The van der Waals surface area contributed by atoms with Crippen LogP contribution in [0.3, 0.4) is 0 Å². The first kappa shape index (κ1) is 30.0. The summed E-state index contributed by atoms with van der Waals surface area (Å²) in [4.78, 5) is 44.2. The van der Waals surface area contributed by atoms with Crippen LogP contribution in [0.5, 0.6) is 0 Å². The van der Waals surface area contributed by atoms with Crippen molar-refractivity contribution in [3.05, 3.63) is 70.9 Å². The second kappa shape index (κ2) is 10.4. The van der Waals surface area contributed by atoms with Gasteiger partial charge in [0.15, 0.2) is 0 Å². The van der Waals surface area contributed by atoms with Gasteiger partial charge in [0.05, 0.1) is 27.9 Å². The number of nitrogens with one attached hydrogen (secondary N) is 1. The summed E-state index contributed by atoms with van der Waals surface area (Å²) >= 11 is 0. The van der Waals surface area contributed by atoms with Gasteiger partial charge >= 0.3 is 12.3 Å². The van der Waals surface area contributed by atoms with Crippen LogP contribution >= 0.6 is 0 Å². The van der Waals surface area contributed by atoms with Crippen molar-refractivity contribution >= 4 is 33.6 Å². The largest absolute Gasteiger partial charge is 0.465 e. The van der Waals surface area contributed by atoms with Crippen molar-refractivity contribution in [3.63, 3.8) is 0 Å². The molecule has 0 aliphatic carbocycles. The van der Waals surface area contributed by atoms with Crippen LogP contribution in [0.2, 0.25) is 0 Å². The van der Waals surface area contributed by atoms with Gasteiger partial charge in [-0.05, 0) is 41.5 Å². The average Bonchev–Trinajstić information content (AvgIpc) is 3.42. The van der Waals surface area contributed by atoms with Crippen LogP contribution in [0.4, 0.5) is 23.7 Å². The highest BCUT2D eigenvalue weighted by Gasteiger charge is 2.42. The zero-order valence-corrected chi connectivity index (χ0v) is 23.0. The Morgan fingerprint density at radius 3 is 2.27 bits per heavy atom. The lowest BCUT2D eigenvalue weighted by Gasteiger charge is -2.30. The molecule has 0 fully saturated rings. The van der Waals surface area contributed by atoms with E-state index in [1.165, 1.54) is 35.6 Å². The number of alkyl halides is 3. The minimum absolute atomic E-state index is 0.0143. The Balaban J connectivity index is 1.72. The number of benzene rings is 1. The Bertz CT molecular complexity index is 1550. The van der Waals surface area contributed by atoms with E-state index in [-0.39, 0.29) is 41.5 Å². The molecule has 11 nitrogen and oxygen atoms in total. The number of sulfonamides is 1. The van der Waals surface area contributed by atoms with Gasteiger partial charge in [-0.25, -0.2) is 18.4 Å². The normalized spacial score (nSPS) is 17.6. The van der Waals surface area contributed by atoms with Crippen molar-refractivity contribution in [2.45, 2.75) is 37.9 Å². The van der Waals surface area contributed by atoms with Crippen LogP contribution < -0.4 is 10.5 Å². The van der Waals surface area contributed by atoms with Gasteiger partial charge in [0.2, 0.25) is 15.9 Å². The number of aromatic nitrogens is 1. The van der Waals surface area contributed by atoms with Gasteiger partial charge in [-0.15, -0.1) is 0 Å². The molecule has 0 saturated carbocycles.